The van der Waals surface area contributed by atoms with Gasteiger partial charge in [-0.1, -0.05) is 39.0 Å². The molecule has 21 heavy (non-hydrogen) atoms. The van der Waals surface area contributed by atoms with Gasteiger partial charge in [-0.05, 0) is 55.7 Å². The lowest BCUT2D eigenvalue weighted by Gasteiger charge is -2.15. The van der Waals surface area contributed by atoms with Gasteiger partial charge in [0.25, 0.3) is 0 Å². The third-order valence-electron chi connectivity index (χ3n) is 4.75. The van der Waals surface area contributed by atoms with Crippen LogP contribution in [-0.2, 0) is 0 Å². The van der Waals surface area contributed by atoms with Gasteiger partial charge in [-0.15, -0.1) is 0 Å². The average molecular weight is 285 g/mol. The van der Waals surface area contributed by atoms with E-state index in [1.54, 1.807) is 0 Å². The van der Waals surface area contributed by atoms with Crippen LogP contribution >= 0.6 is 0 Å². The van der Waals surface area contributed by atoms with Gasteiger partial charge >= 0.3 is 0 Å². The molecule has 2 nitrogen and oxygen atoms in total. The third kappa shape index (κ3) is 3.01. The van der Waals surface area contributed by atoms with E-state index in [0.29, 0.717) is 12.0 Å². The second-order valence-corrected chi connectivity index (χ2v) is 6.49. The molecule has 0 amide bonds. The first-order chi connectivity index (χ1) is 10.2. The lowest BCUT2D eigenvalue weighted by Crippen LogP contribution is -2.23. The number of para-hydroxylation sites is 1. The normalized spacial score (nSPS) is 18.0. The smallest absolute Gasteiger partial charge is 0.137 e. The summed E-state index contributed by atoms with van der Waals surface area (Å²) in [6, 6.07) is 9.22. The third-order valence-corrected chi connectivity index (χ3v) is 4.75. The van der Waals surface area contributed by atoms with E-state index in [-0.39, 0.29) is 0 Å². The van der Waals surface area contributed by atoms with Crippen molar-refractivity contribution in [1.82, 2.24) is 5.32 Å². The Morgan fingerprint density at radius 3 is 2.76 bits per heavy atom. The van der Waals surface area contributed by atoms with E-state index in [1.807, 2.05) is 0 Å². The molecule has 0 radical (unpaired) electrons. The largest absolute Gasteiger partial charge is 0.459 e. The summed E-state index contributed by atoms with van der Waals surface area (Å²) < 4.78 is 6.32. The molecule has 1 aromatic carbocycles. The summed E-state index contributed by atoms with van der Waals surface area (Å²) in [6.45, 7) is 7.81. The van der Waals surface area contributed by atoms with Crippen LogP contribution in [-0.4, -0.2) is 6.54 Å². The van der Waals surface area contributed by atoms with Crippen molar-refractivity contribution in [1.29, 1.82) is 0 Å². The maximum atomic E-state index is 6.32. The number of benzene rings is 1. The lowest BCUT2D eigenvalue weighted by atomic mass is 9.97. The fourth-order valence-electron chi connectivity index (χ4n) is 3.10. The number of hydrogen-bond donors (Lipinski definition) is 1. The zero-order valence-corrected chi connectivity index (χ0v) is 13.5. The van der Waals surface area contributed by atoms with Crippen molar-refractivity contribution in [2.24, 2.45) is 5.92 Å². The van der Waals surface area contributed by atoms with Crippen LogP contribution in [0.5, 0.6) is 0 Å². The first-order valence-electron chi connectivity index (χ1n) is 8.50. The zero-order chi connectivity index (χ0) is 14.8. The van der Waals surface area contributed by atoms with Crippen LogP contribution in [0.25, 0.3) is 11.0 Å². The maximum absolute atomic E-state index is 6.32. The molecule has 2 aromatic rings. The van der Waals surface area contributed by atoms with Gasteiger partial charge in [-0.3, -0.25) is 0 Å². The monoisotopic (exact) mass is 285 g/mol. The van der Waals surface area contributed by atoms with Crippen LogP contribution in [0, 0.1) is 5.92 Å². The van der Waals surface area contributed by atoms with Crippen molar-refractivity contribution in [3.63, 3.8) is 0 Å². The Morgan fingerprint density at radius 1 is 1.29 bits per heavy atom. The Kier molecular flexibility index (Phi) is 4.34. The standard InChI is InChI=1S/C19H27NO/c1-4-11-20-18(14-9-10-14)17-12-15-7-6-8-16(13(3)5-2)19(15)21-17/h6-8,12-14,18,20H,4-5,9-11H2,1-3H3. The number of rotatable bonds is 7. The van der Waals surface area contributed by atoms with Crippen molar-refractivity contribution >= 4 is 11.0 Å². The van der Waals surface area contributed by atoms with Gasteiger partial charge in [0.05, 0.1) is 6.04 Å². The van der Waals surface area contributed by atoms with Gasteiger partial charge in [0.15, 0.2) is 0 Å². The van der Waals surface area contributed by atoms with Gasteiger partial charge < -0.3 is 9.73 Å². The van der Waals surface area contributed by atoms with E-state index in [2.05, 4.69) is 50.4 Å². The summed E-state index contributed by atoms with van der Waals surface area (Å²) in [6.07, 6.45) is 4.98. The molecule has 1 saturated carbocycles. The Morgan fingerprint density at radius 2 is 2.10 bits per heavy atom. The van der Waals surface area contributed by atoms with E-state index < -0.39 is 0 Å². The number of nitrogens with one attached hydrogen (secondary N) is 1. The molecule has 1 aromatic heterocycles. The first-order valence-corrected chi connectivity index (χ1v) is 8.50. The average Bonchev–Trinajstić information content (AvgIpc) is 3.24. The van der Waals surface area contributed by atoms with Crippen molar-refractivity contribution in [2.75, 3.05) is 6.54 Å². The van der Waals surface area contributed by atoms with E-state index in [4.69, 9.17) is 4.42 Å². The first kappa shape index (κ1) is 14.6. The fraction of sp³-hybridized carbons (Fsp3) is 0.579. The number of furan rings is 1. The molecular formula is C19H27NO. The minimum absolute atomic E-state index is 0.405. The van der Waals surface area contributed by atoms with Crippen LogP contribution in [0.3, 0.4) is 0 Å². The van der Waals surface area contributed by atoms with Crippen LogP contribution in [0.1, 0.15) is 69.7 Å². The van der Waals surface area contributed by atoms with Gasteiger partial charge in [-0.25, -0.2) is 0 Å². The molecule has 114 valence electrons. The molecule has 0 saturated heterocycles. The zero-order valence-electron chi connectivity index (χ0n) is 13.5. The Hall–Kier alpha value is -1.28. The van der Waals surface area contributed by atoms with Crippen molar-refractivity contribution < 1.29 is 4.42 Å². The molecule has 2 heteroatoms. The topological polar surface area (TPSA) is 25.2 Å². The number of hydrogen-bond acceptors (Lipinski definition) is 2. The summed E-state index contributed by atoms with van der Waals surface area (Å²) in [4.78, 5) is 0. The summed E-state index contributed by atoms with van der Waals surface area (Å²) in [5.74, 6) is 2.46. The number of fused-ring (bicyclic) bond motifs is 1. The highest BCUT2D eigenvalue weighted by Crippen LogP contribution is 2.43. The van der Waals surface area contributed by atoms with Gasteiger partial charge in [-0.2, -0.15) is 0 Å². The Labute approximate surface area is 127 Å². The molecule has 1 heterocycles. The van der Waals surface area contributed by atoms with Gasteiger partial charge in [0.2, 0.25) is 0 Å². The molecule has 2 unspecified atom stereocenters. The molecule has 0 bridgehead atoms. The molecule has 1 fully saturated rings. The Bertz CT molecular complexity index is 597. The molecule has 0 aliphatic heterocycles. The van der Waals surface area contributed by atoms with E-state index in [0.717, 1.165) is 30.2 Å². The quantitative estimate of drug-likeness (QED) is 0.737. The second-order valence-electron chi connectivity index (χ2n) is 6.49. The van der Waals surface area contributed by atoms with E-state index >= 15 is 0 Å². The van der Waals surface area contributed by atoms with Crippen LogP contribution < -0.4 is 5.32 Å². The lowest BCUT2D eigenvalue weighted by molar-refractivity contribution is 0.395. The molecule has 1 aliphatic rings. The molecule has 3 rings (SSSR count). The molecule has 0 spiro atoms. The second kappa shape index (κ2) is 6.23. The summed E-state index contributed by atoms with van der Waals surface area (Å²) >= 11 is 0. The highest BCUT2D eigenvalue weighted by molar-refractivity contribution is 5.81. The van der Waals surface area contributed by atoms with Crippen LogP contribution in [0.2, 0.25) is 0 Å². The summed E-state index contributed by atoms with van der Waals surface area (Å²) in [5.41, 5.74) is 2.46. The SMILES string of the molecule is CCCNC(c1cc2cccc(C(C)CC)c2o1)C1CC1. The molecule has 1 aliphatic carbocycles. The predicted molar refractivity (Wildman–Crippen MR) is 88.7 cm³/mol. The van der Waals surface area contributed by atoms with E-state index in [9.17, 15) is 0 Å². The molecule has 1 N–H and O–H groups in total. The summed E-state index contributed by atoms with van der Waals surface area (Å²) in [5, 5.41) is 4.93. The molecular weight excluding hydrogens is 258 g/mol. The highest BCUT2D eigenvalue weighted by Gasteiger charge is 2.34. The molecule has 2 atom stereocenters. The Balaban J connectivity index is 1.95. The van der Waals surface area contributed by atoms with Crippen LogP contribution in [0.4, 0.5) is 0 Å². The van der Waals surface area contributed by atoms with Crippen molar-refractivity contribution in [3.05, 3.63) is 35.6 Å². The van der Waals surface area contributed by atoms with Crippen molar-refractivity contribution in [2.45, 2.75) is 58.4 Å². The highest BCUT2D eigenvalue weighted by atomic mass is 16.3. The maximum Gasteiger partial charge on any atom is 0.137 e. The minimum Gasteiger partial charge on any atom is -0.459 e. The minimum atomic E-state index is 0.405. The van der Waals surface area contributed by atoms with E-state index in [1.165, 1.54) is 30.2 Å². The predicted octanol–water partition coefficient (Wildman–Crippen LogP) is 5.40. The van der Waals surface area contributed by atoms with Gasteiger partial charge in [0, 0.05) is 5.39 Å². The van der Waals surface area contributed by atoms with Gasteiger partial charge in [0.1, 0.15) is 11.3 Å². The van der Waals surface area contributed by atoms with Crippen LogP contribution in [0.15, 0.2) is 28.7 Å². The summed E-state index contributed by atoms with van der Waals surface area (Å²) in [7, 11) is 0. The van der Waals surface area contributed by atoms with Crippen molar-refractivity contribution in [3.8, 4) is 0 Å². The fourth-order valence-corrected chi connectivity index (χ4v) is 3.10.